The Hall–Kier alpha value is -1.26. The number of likely N-dealkylation sites (tertiary alicyclic amines) is 1. The van der Waals surface area contributed by atoms with Gasteiger partial charge in [0.2, 0.25) is 5.91 Å². The van der Waals surface area contributed by atoms with Gasteiger partial charge in [-0.25, -0.2) is 0 Å². The zero-order valence-corrected chi connectivity index (χ0v) is 13.5. The van der Waals surface area contributed by atoms with Crippen molar-refractivity contribution >= 4 is 18.3 Å². The van der Waals surface area contributed by atoms with Crippen molar-refractivity contribution < 1.29 is 9.53 Å². The van der Waals surface area contributed by atoms with E-state index >= 15 is 0 Å². The first-order chi connectivity index (χ1) is 10.3. The maximum atomic E-state index is 13.0. The number of hydrogen-bond acceptors (Lipinski definition) is 3. The summed E-state index contributed by atoms with van der Waals surface area (Å²) >= 11 is 0. The number of amides is 1. The third-order valence-corrected chi connectivity index (χ3v) is 5.27. The molecule has 22 heavy (non-hydrogen) atoms. The van der Waals surface area contributed by atoms with Crippen molar-refractivity contribution in [3.63, 3.8) is 0 Å². The average molecular weight is 323 g/mol. The Balaban J connectivity index is 0.00000144. The van der Waals surface area contributed by atoms with Crippen molar-refractivity contribution in [1.82, 2.24) is 10.2 Å². The molecule has 0 aliphatic carbocycles. The number of hydrogen-bond donors (Lipinski definition) is 1. The van der Waals surface area contributed by atoms with Crippen LogP contribution in [0.2, 0.25) is 0 Å². The number of benzene rings is 1. The number of nitrogens with zero attached hydrogens (tertiary/aromatic N) is 1. The lowest BCUT2D eigenvalue weighted by Crippen LogP contribution is -2.46. The Labute approximate surface area is 137 Å². The predicted molar refractivity (Wildman–Crippen MR) is 87.6 cm³/mol. The van der Waals surface area contributed by atoms with Crippen molar-refractivity contribution in [1.29, 1.82) is 0 Å². The van der Waals surface area contributed by atoms with E-state index in [1.807, 2.05) is 24.3 Å². The third-order valence-electron chi connectivity index (χ3n) is 5.27. The van der Waals surface area contributed by atoms with Crippen LogP contribution in [0, 0.1) is 11.8 Å². The van der Waals surface area contributed by atoms with E-state index in [1.165, 1.54) is 0 Å². The fourth-order valence-corrected chi connectivity index (χ4v) is 4.05. The van der Waals surface area contributed by atoms with Crippen molar-refractivity contribution in [2.24, 2.45) is 11.8 Å². The summed E-state index contributed by atoms with van der Waals surface area (Å²) in [6, 6.07) is 7.99. The molecule has 3 aliphatic rings. The Morgan fingerprint density at radius 1 is 1.18 bits per heavy atom. The quantitative estimate of drug-likeness (QED) is 0.860. The third kappa shape index (κ3) is 2.70. The zero-order chi connectivity index (χ0) is 14.2. The van der Waals surface area contributed by atoms with Crippen LogP contribution in [0.15, 0.2) is 24.3 Å². The molecule has 0 radical (unpaired) electrons. The van der Waals surface area contributed by atoms with Gasteiger partial charge in [0, 0.05) is 18.7 Å². The first kappa shape index (κ1) is 15.6. The second kappa shape index (κ2) is 6.47. The van der Waals surface area contributed by atoms with Gasteiger partial charge in [-0.15, -0.1) is 12.4 Å². The van der Waals surface area contributed by atoms with Crippen molar-refractivity contribution in [2.45, 2.75) is 18.8 Å². The summed E-state index contributed by atoms with van der Waals surface area (Å²) in [4.78, 5) is 15.1. The Bertz CT molecular complexity index is 551. The first-order valence-corrected chi connectivity index (χ1v) is 8.04. The molecule has 3 aliphatic heterocycles. The van der Waals surface area contributed by atoms with E-state index < -0.39 is 0 Å². The minimum Gasteiger partial charge on any atom is -0.493 e. The van der Waals surface area contributed by atoms with E-state index in [1.54, 1.807) is 0 Å². The summed E-state index contributed by atoms with van der Waals surface area (Å²) in [5.74, 6) is 2.60. The van der Waals surface area contributed by atoms with Crippen LogP contribution in [0.25, 0.3) is 0 Å². The molecule has 0 aromatic heterocycles. The highest BCUT2D eigenvalue weighted by atomic mass is 35.5. The van der Waals surface area contributed by atoms with Crippen molar-refractivity contribution in [2.75, 3.05) is 32.8 Å². The molecule has 0 spiro atoms. The second-order valence-electron chi connectivity index (χ2n) is 6.48. The summed E-state index contributed by atoms with van der Waals surface area (Å²) < 4.78 is 5.68. The van der Waals surface area contributed by atoms with E-state index in [9.17, 15) is 4.79 Å². The highest BCUT2D eigenvalue weighted by Crippen LogP contribution is 2.36. The molecular formula is C17H23ClN2O2. The van der Waals surface area contributed by atoms with Crippen molar-refractivity contribution in [3.8, 4) is 5.75 Å². The van der Waals surface area contributed by atoms with E-state index in [0.29, 0.717) is 18.4 Å². The van der Waals surface area contributed by atoms with Gasteiger partial charge in [-0.3, -0.25) is 4.79 Å². The average Bonchev–Trinajstić information content (AvgIpc) is 3.01. The summed E-state index contributed by atoms with van der Waals surface area (Å²) in [6.45, 7) is 4.69. The Kier molecular flexibility index (Phi) is 4.59. The molecule has 0 saturated carbocycles. The predicted octanol–water partition coefficient (Wildman–Crippen LogP) is 2.04. The maximum Gasteiger partial charge on any atom is 0.230 e. The molecule has 5 heteroatoms. The van der Waals surface area contributed by atoms with Crippen LogP contribution in [0.1, 0.15) is 24.3 Å². The fourth-order valence-electron chi connectivity index (χ4n) is 4.05. The van der Waals surface area contributed by atoms with Gasteiger partial charge in [-0.2, -0.15) is 0 Å². The largest absolute Gasteiger partial charge is 0.493 e. The highest BCUT2D eigenvalue weighted by molar-refractivity contribution is 5.85. The Morgan fingerprint density at radius 3 is 2.91 bits per heavy atom. The summed E-state index contributed by atoms with van der Waals surface area (Å²) in [5, 5.41) is 3.46. The molecule has 1 aromatic carbocycles. The summed E-state index contributed by atoms with van der Waals surface area (Å²) in [5.41, 5.74) is 1.07. The molecule has 2 saturated heterocycles. The molecule has 3 unspecified atom stereocenters. The lowest BCUT2D eigenvalue weighted by molar-refractivity contribution is -0.135. The van der Waals surface area contributed by atoms with E-state index in [0.717, 1.165) is 56.3 Å². The molecule has 1 N–H and O–H groups in total. The summed E-state index contributed by atoms with van der Waals surface area (Å²) in [7, 11) is 0. The number of carbonyl (C=O) groups excluding carboxylic acids is 1. The number of halogens is 1. The fraction of sp³-hybridized carbons (Fsp3) is 0.588. The van der Waals surface area contributed by atoms with Crippen LogP contribution < -0.4 is 10.1 Å². The normalized spacial score (nSPS) is 29.8. The van der Waals surface area contributed by atoms with Gasteiger partial charge in [0.25, 0.3) is 0 Å². The molecular weight excluding hydrogens is 300 g/mol. The number of ether oxygens (including phenoxy) is 1. The summed E-state index contributed by atoms with van der Waals surface area (Å²) in [6.07, 6.45) is 1.95. The second-order valence-corrected chi connectivity index (χ2v) is 6.48. The molecule has 120 valence electrons. The lowest BCUT2D eigenvalue weighted by atomic mass is 9.86. The number of piperidine rings is 1. The maximum absolute atomic E-state index is 13.0. The standard InChI is InChI=1S/C17H22N2O2.ClH/c20-17(19-7-5-12-9-18-10-13(12)11-19)15-6-8-21-16-4-2-1-3-14(15)16;/h1-4,12-13,15,18H,5-11H2;1H. The van der Waals surface area contributed by atoms with Gasteiger partial charge in [-0.05, 0) is 43.8 Å². The Morgan fingerprint density at radius 2 is 2.00 bits per heavy atom. The van der Waals surface area contributed by atoms with Gasteiger partial charge >= 0.3 is 0 Å². The molecule has 3 heterocycles. The van der Waals surface area contributed by atoms with Crippen LogP contribution >= 0.6 is 12.4 Å². The first-order valence-electron chi connectivity index (χ1n) is 8.04. The van der Waals surface area contributed by atoms with Crippen LogP contribution in [0.5, 0.6) is 5.75 Å². The molecule has 4 nitrogen and oxygen atoms in total. The van der Waals surface area contributed by atoms with E-state index in [4.69, 9.17) is 4.74 Å². The number of nitrogens with one attached hydrogen (secondary N) is 1. The molecule has 0 bridgehead atoms. The van der Waals surface area contributed by atoms with Gasteiger partial charge in [0.15, 0.2) is 0 Å². The van der Waals surface area contributed by atoms with Crippen LogP contribution in [-0.2, 0) is 4.79 Å². The monoisotopic (exact) mass is 322 g/mol. The van der Waals surface area contributed by atoms with Crippen molar-refractivity contribution in [3.05, 3.63) is 29.8 Å². The van der Waals surface area contributed by atoms with Gasteiger partial charge < -0.3 is 15.0 Å². The van der Waals surface area contributed by atoms with E-state index in [-0.39, 0.29) is 18.3 Å². The van der Waals surface area contributed by atoms with Gasteiger partial charge in [0.1, 0.15) is 5.75 Å². The number of para-hydroxylation sites is 1. The molecule has 2 fully saturated rings. The topological polar surface area (TPSA) is 41.6 Å². The number of carbonyl (C=O) groups is 1. The van der Waals surface area contributed by atoms with Gasteiger partial charge in [0.05, 0.1) is 12.5 Å². The number of fused-ring (bicyclic) bond motifs is 2. The lowest BCUT2D eigenvalue weighted by Gasteiger charge is -2.37. The van der Waals surface area contributed by atoms with Crippen LogP contribution in [-0.4, -0.2) is 43.6 Å². The molecule has 1 aromatic rings. The minimum absolute atomic E-state index is 0. The molecule has 1 amide bonds. The SMILES string of the molecule is Cl.O=C(C1CCOc2ccccc21)N1CCC2CNCC2C1. The highest BCUT2D eigenvalue weighted by Gasteiger charge is 2.37. The molecule has 4 rings (SSSR count). The number of rotatable bonds is 1. The van der Waals surface area contributed by atoms with Crippen LogP contribution in [0.3, 0.4) is 0 Å². The minimum atomic E-state index is -0.0131. The zero-order valence-electron chi connectivity index (χ0n) is 12.7. The smallest absolute Gasteiger partial charge is 0.230 e. The van der Waals surface area contributed by atoms with Crippen LogP contribution in [0.4, 0.5) is 0 Å². The van der Waals surface area contributed by atoms with Gasteiger partial charge in [-0.1, -0.05) is 18.2 Å². The molecule has 3 atom stereocenters. The van der Waals surface area contributed by atoms with E-state index in [2.05, 4.69) is 10.2 Å².